The smallest absolute Gasteiger partial charge is 0.249 e. The molecule has 6 heteroatoms. The van der Waals surface area contributed by atoms with Gasteiger partial charge in [-0.2, -0.15) is 0 Å². The molecule has 1 aliphatic carbocycles. The number of halogens is 2. The number of hydrogen-bond acceptors (Lipinski definition) is 3. The van der Waals surface area contributed by atoms with Crippen molar-refractivity contribution in [3.63, 3.8) is 0 Å². The predicted molar refractivity (Wildman–Crippen MR) is 73.5 cm³/mol. The summed E-state index contributed by atoms with van der Waals surface area (Å²) in [5, 5.41) is 0.00708. The molecule has 1 aliphatic heterocycles. The Labute approximate surface area is 117 Å². The molecule has 2 rings (SSSR count). The Morgan fingerprint density at radius 3 is 2.56 bits per heavy atom. The third-order valence-electron chi connectivity index (χ3n) is 3.38. The van der Waals surface area contributed by atoms with Gasteiger partial charge in [0.2, 0.25) is 5.91 Å². The number of allylic oxidation sites excluding steroid dienone is 3. The van der Waals surface area contributed by atoms with Crippen LogP contribution in [0.4, 0.5) is 0 Å². The maximum Gasteiger partial charge on any atom is 0.249 e. The lowest BCUT2D eigenvalue weighted by molar-refractivity contribution is -0.128. The van der Waals surface area contributed by atoms with Crippen LogP contribution in [-0.2, 0) is 4.79 Å². The van der Waals surface area contributed by atoms with Crippen LogP contribution in [0.2, 0.25) is 0 Å². The molecular formula is C12H17Cl2N3O. The standard InChI is InChI=1S/C12H17Cl2N3O/c1-16-2-4-17(5-3-16)12(18)8-6-9(13)11(15)10(14)7-8/h6,10H,2-5,7,15H2,1H3/t10-/m0/s1. The van der Waals surface area contributed by atoms with Gasteiger partial charge in [0.1, 0.15) is 0 Å². The van der Waals surface area contributed by atoms with Gasteiger partial charge in [-0.25, -0.2) is 0 Å². The molecule has 1 fully saturated rings. The summed E-state index contributed by atoms with van der Waals surface area (Å²) >= 11 is 12.1. The van der Waals surface area contributed by atoms with Crippen molar-refractivity contribution in [2.24, 2.45) is 5.73 Å². The fourth-order valence-electron chi connectivity index (χ4n) is 2.11. The number of nitrogens with two attached hydrogens (primary N) is 1. The van der Waals surface area contributed by atoms with E-state index in [9.17, 15) is 4.79 Å². The van der Waals surface area contributed by atoms with E-state index in [1.807, 2.05) is 4.90 Å². The van der Waals surface area contributed by atoms with Gasteiger partial charge < -0.3 is 15.5 Å². The largest absolute Gasteiger partial charge is 0.400 e. The molecule has 0 bridgehead atoms. The van der Waals surface area contributed by atoms with Crippen LogP contribution in [0, 0.1) is 0 Å². The Balaban J connectivity index is 2.08. The number of amides is 1. The molecule has 0 aromatic heterocycles. The van der Waals surface area contributed by atoms with E-state index in [1.54, 1.807) is 6.08 Å². The van der Waals surface area contributed by atoms with Crippen molar-refractivity contribution < 1.29 is 4.79 Å². The lowest BCUT2D eigenvalue weighted by Crippen LogP contribution is -2.47. The van der Waals surface area contributed by atoms with E-state index in [1.165, 1.54) is 0 Å². The molecule has 1 amide bonds. The molecule has 0 spiro atoms. The number of hydrogen-bond donors (Lipinski definition) is 1. The monoisotopic (exact) mass is 289 g/mol. The fraction of sp³-hybridized carbons (Fsp3) is 0.583. The number of nitrogens with zero attached hydrogens (tertiary/aromatic N) is 2. The number of rotatable bonds is 1. The summed E-state index contributed by atoms with van der Waals surface area (Å²) in [6, 6.07) is 0. The fourth-order valence-corrected chi connectivity index (χ4v) is 2.71. The molecule has 1 heterocycles. The maximum absolute atomic E-state index is 12.3. The zero-order valence-electron chi connectivity index (χ0n) is 10.3. The minimum absolute atomic E-state index is 0.0272. The van der Waals surface area contributed by atoms with Gasteiger partial charge in [-0.15, -0.1) is 11.6 Å². The second-order valence-electron chi connectivity index (χ2n) is 4.74. The van der Waals surface area contributed by atoms with Crippen LogP contribution in [-0.4, -0.2) is 54.3 Å². The summed E-state index contributed by atoms with van der Waals surface area (Å²) in [7, 11) is 2.05. The van der Waals surface area contributed by atoms with Gasteiger partial charge in [-0.1, -0.05) is 11.6 Å². The summed E-state index contributed by atoms with van der Waals surface area (Å²) in [6.07, 6.45) is 2.10. The molecule has 4 nitrogen and oxygen atoms in total. The number of carbonyl (C=O) groups excluding carboxylic acids is 1. The molecule has 2 aliphatic rings. The van der Waals surface area contributed by atoms with Gasteiger partial charge in [-0.05, 0) is 19.5 Å². The highest BCUT2D eigenvalue weighted by atomic mass is 35.5. The van der Waals surface area contributed by atoms with Gasteiger partial charge in [0.25, 0.3) is 0 Å². The minimum Gasteiger partial charge on any atom is -0.400 e. The van der Waals surface area contributed by atoms with E-state index in [4.69, 9.17) is 28.9 Å². The number of carbonyl (C=O) groups is 1. The van der Waals surface area contributed by atoms with Gasteiger partial charge in [0.15, 0.2) is 0 Å². The second-order valence-corrected chi connectivity index (χ2v) is 5.67. The first-order valence-corrected chi connectivity index (χ1v) is 6.78. The topological polar surface area (TPSA) is 49.6 Å². The second kappa shape index (κ2) is 5.51. The zero-order chi connectivity index (χ0) is 13.3. The number of piperazine rings is 1. The average molecular weight is 290 g/mol. The van der Waals surface area contributed by atoms with Crippen molar-refractivity contribution in [1.82, 2.24) is 9.80 Å². The Morgan fingerprint density at radius 1 is 1.39 bits per heavy atom. The van der Waals surface area contributed by atoms with Crippen molar-refractivity contribution >= 4 is 29.1 Å². The molecule has 1 saturated heterocycles. The van der Waals surface area contributed by atoms with Crippen LogP contribution in [0.25, 0.3) is 0 Å². The van der Waals surface area contributed by atoms with E-state index in [0.717, 1.165) is 26.2 Å². The van der Waals surface area contributed by atoms with Crippen LogP contribution in [0.3, 0.4) is 0 Å². The maximum atomic E-state index is 12.3. The van der Waals surface area contributed by atoms with E-state index < -0.39 is 0 Å². The Bertz CT molecular complexity index is 412. The summed E-state index contributed by atoms with van der Waals surface area (Å²) in [5.41, 5.74) is 6.82. The highest BCUT2D eigenvalue weighted by Gasteiger charge is 2.27. The normalized spacial score (nSPS) is 26.3. The van der Waals surface area contributed by atoms with Crippen molar-refractivity contribution in [3.8, 4) is 0 Å². The van der Waals surface area contributed by atoms with Crippen LogP contribution < -0.4 is 5.73 Å². The van der Waals surface area contributed by atoms with Crippen LogP contribution in [0.1, 0.15) is 6.42 Å². The van der Waals surface area contributed by atoms with Crippen molar-refractivity contribution in [3.05, 3.63) is 22.4 Å². The van der Waals surface area contributed by atoms with E-state index in [2.05, 4.69) is 11.9 Å². The summed E-state index contributed by atoms with van der Waals surface area (Å²) in [6.45, 7) is 3.29. The van der Waals surface area contributed by atoms with E-state index in [-0.39, 0.29) is 11.3 Å². The highest BCUT2D eigenvalue weighted by molar-refractivity contribution is 6.33. The minimum atomic E-state index is -0.381. The summed E-state index contributed by atoms with van der Waals surface area (Å²) < 4.78 is 0. The first kappa shape index (κ1) is 13.7. The summed E-state index contributed by atoms with van der Waals surface area (Å²) in [5.74, 6) is 0.0272. The molecule has 0 aromatic carbocycles. The first-order chi connectivity index (χ1) is 8.49. The molecule has 2 N–H and O–H groups in total. The number of alkyl halides is 1. The van der Waals surface area contributed by atoms with Crippen LogP contribution >= 0.6 is 23.2 Å². The first-order valence-electron chi connectivity index (χ1n) is 5.96. The molecule has 18 heavy (non-hydrogen) atoms. The third-order valence-corrected chi connectivity index (χ3v) is 4.10. The molecule has 0 aromatic rings. The molecule has 100 valence electrons. The lowest BCUT2D eigenvalue weighted by Gasteiger charge is -2.33. The Hall–Kier alpha value is -0.710. The van der Waals surface area contributed by atoms with Gasteiger partial charge in [0.05, 0.1) is 10.4 Å². The number of likely N-dealkylation sites (N-methyl/N-ethyl adjacent to an activating group) is 1. The zero-order valence-corrected chi connectivity index (χ0v) is 11.8. The quantitative estimate of drug-likeness (QED) is 0.736. The predicted octanol–water partition coefficient (Wildman–Crippen LogP) is 1.11. The lowest BCUT2D eigenvalue weighted by atomic mass is 10.0. The Morgan fingerprint density at radius 2 is 2.00 bits per heavy atom. The van der Waals surface area contributed by atoms with Crippen LogP contribution in [0.5, 0.6) is 0 Å². The average Bonchev–Trinajstić information content (AvgIpc) is 2.35. The highest BCUT2D eigenvalue weighted by Crippen LogP contribution is 2.28. The molecule has 0 unspecified atom stereocenters. The Kier molecular flexibility index (Phi) is 4.20. The SMILES string of the molecule is CN1CCN(C(=O)C2=CC(Cl)=C(N)[C@@H](Cl)C2)CC1. The van der Waals surface area contributed by atoms with Gasteiger partial charge >= 0.3 is 0 Å². The van der Waals surface area contributed by atoms with Gasteiger partial charge in [0, 0.05) is 37.4 Å². The van der Waals surface area contributed by atoms with E-state index >= 15 is 0 Å². The molecule has 0 saturated carbocycles. The summed E-state index contributed by atoms with van der Waals surface area (Å²) in [4.78, 5) is 16.4. The molecule has 0 radical (unpaired) electrons. The van der Waals surface area contributed by atoms with E-state index in [0.29, 0.717) is 22.7 Å². The van der Waals surface area contributed by atoms with Crippen LogP contribution in [0.15, 0.2) is 22.4 Å². The van der Waals surface area contributed by atoms with Crippen molar-refractivity contribution in [2.75, 3.05) is 33.2 Å². The van der Waals surface area contributed by atoms with Crippen molar-refractivity contribution in [2.45, 2.75) is 11.8 Å². The third kappa shape index (κ3) is 2.82. The molecule has 1 atom stereocenters. The molecular weight excluding hydrogens is 273 g/mol. The van der Waals surface area contributed by atoms with Gasteiger partial charge in [-0.3, -0.25) is 4.79 Å². The van der Waals surface area contributed by atoms with Crippen molar-refractivity contribution in [1.29, 1.82) is 0 Å².